The molecule has 4 nitrogen and oxygen atoms in total. The Bertz CT molecular complexity index is 619. The van der Waals surface area contributed by atoms with Gasteiger partial charge in [0.05, 0.1) is 6.42 Å². The van der Waals surface area contributed by atoms with Gasteiger partial charge in [0.25, 0.3) is 0 Å². The molecule has 0 bridgehead atoms. The molecule has 2 amide bonds. The summed E-state index contributed by atoms with van der Waals surface area (Å²) in [6, 6.07) is 7.72. The van der Waals surface area contributed by atoms with E-state index < -0.39 is 0 Å². The number of likely N-dealkylation sites (tertiary alicyclic amines) is 1. The molecule has 5 heteroatoms. The molecule has 0 aromatic heterocycles. The van der Waals surface area contributed by atoms with E-state index in [9.17, 15) is 9.59 Å². The van der Waals surface area contributed by atoms with Gasteiger partial charge < -0.3 is 9.80 Å². The number of carbonyl (C=O) groups excluding carboxylic acids is 2. The fourth-order valence-electron chi connectivity index (χ4n) is 3.94. The number of benzene rings is 1. The van der Waals surface area contributed by atoms with Crippen LogP contribution in [-0.2, 0) is 16.0 Å². The number of halogens is 1. The summed E-state index contributed by atoms with van der Waals surface area (Å²) in [4.78, 5) is 28.1. The molecule has 0 N–H and O–H groups in total. The van der Waals surface area contributed by atoms with E-state index in [-0.39, 0.29) is 17.9 Å². The molecule has 2 aliphatic rings. The molecule has 0 unspecified atom stereocenters. The zero-order valence-corrected chi connectivity index (χ0v) is 14.4. The van der Waals surface area contributed by atoms with Crippen molar-refractivity contribution in [2.75, 3.05) is 20.6 Å². The molecule has 1 aliphatic carbocycles. The van der Waals surface area contributed by atoms with Crippen molar-refractivity contribution in [1.29, 1.82) is 0 Å². The van der Waals surface area contributed by atoms with Gasteiger partial charge in [-0.25, -0.2) is 0 Å². The molecule has 1 aromatic rings. The van der Waals surface area contributed by atoms with Crippen molar-refractivity contribution < 1.29 is 9.59 Å². The first-order valence-corrected chi connectivity index (χ1v) is 8.56. The van der Waals surface area contributed by atoms with Gasteiger partial charge in [0.15, 0.2) is 0 Å². The van der Waals surface area contributed by atoms with Crippen LogP contribution in [0.4, 0.5) is 0 Å². The van der Waals surface area contributed by atoms with Crippen molar-refractivity contribution in [3.05, 3.63) is 34.9 Å². The zero-order chi connectivity index (χ0) is 16.6. The van der Waals surface area contributed by atoms with Crippen molar-refractivity contribution in [2.24, 2.45) is 11.8 Å². The minimum absolute atomic E-state index is 0.0985. The number of nitrogens with zero attached hydrogens (tertiary/aromatic N) is 2. The van der Waals surface area contributed by atoms with E-state index in [1.54, 1.807) is 0 Å². The second-order valence-corrected chi connectivity index (χ2v) is 7.30. The predicted molar refractivity (Wildman–Crippen MR) is 90.2 cm³/mol. The Morgan fingerprint density at radius 1 is 1.30 bits per heavy atom. The van der Waals surface area contributed by atoms with Gasteiger partial charge in [0.1, 0.15) is 0 Å². The highest BCUT2D eigenvalue weighted by molar-refractivity contribution is 6.31. The maximum Gasteiger partial charge on any atom is 0.227 e. The normalized spacial score (nSPS) is 27.0. The molecule has 1 aliphatic heterocycles. The molecule has 23 heavy (non-hydrogen) atoms. The standard InChI is InChI=1S/C18H23ClN2O2/c1-20-11-14-8-15(7-13(14)10-17(20)22)21(2)18(23)9-12-5-3-4-6-16(12)19/h3-6,13-15H,7-11H2,1-2H3/t13-,14+,15-/m1/s1. The number of hydrogen-bond donors (Lipinski definition) is 0. The van der Waals surface area contributed by atoms with E-state index in [0.29, 0.717) is 29.7 Å². The Kier molecular flexibility index (Phi) is 4.62. The minimum atomic E-state index is 0.0985. The molecule has 1 heterocycles. The molecule has 3 rings (SSSR count). The van der Waals surface area contributed by atoms with E-state index in [1.165, 1.54) is 0 Å². The van der Waals surface area contributed by atoms with Crippen molar-refractivity contribution in [2.45, 2.75) is 31.7 Å². The summed E-state index contributed by atoms with van der Waals surface area (Å²) >= 11 is 6.15. The average Bonchev–Trinajstić information content (AvgIpc) is 2.92. The van der Waals surface area contributed by atoms with Crippen molar-refractivity contribution in [3.63, 3.8) is 0 Å². The van der Waals surface area contributed by atoms with Crippen LogP contribution in [0, 0.1) is 11.8 Å². The highest BCUT2D eigenvalue weighted by Gasteiger charge is 2.42. The summed E-state index contributed by atoms with van der Waals surface area (Å²) < 4.78 is 0. The molecule has 1 aromatic carbocycles. The average molecular weight is 335 g/mol. The van der Waals surface area contributed by atoms with E-state index >= 15 is 0 Å². The topological polar surface area (TPSA) is 40.6 Å². The second-order valence-electron chi connectivity index (χ2n) is 6.90. The first kappa shape index (κ1) is 16.3. The lowest BCUT2D eigenvalue weighted by Crippen LogP contribution is -2.40. The zero-order valence-electron chi connectivity index (χ0n) is 13.7. The second kappa shape index (κ2) is 6.52. The molecular weight excluding hydrogens is 312 g/mol. The van der Waals surface area contributed by atoms with E-state index in [1.807, 2.05) is 48.2 Å². The predicted octanol–water partition coefficient (Wildman–Crippen LogP) is 2.60. The first-order chi connectivity index (χ1) is 11.0. The number of carbonyl (C=O) groups is 2. The lowest BCUT2D eigenvalue weighted by molar-refractivity contribution is -0.135. The number of likely N-dealkylation sites (N-methyl/N-ethyl adjacent to an activating group) is 1. The highest BCUT2D eigenvalue weighted by Crippen LogP contribution is 2.40. The van der Waals surface area contributed by atoms with Gasteiger partial charge in [-0.05, 0) is 36.3 Å². The van der Waals surface area contributed by atoms with Crippen molar-refractivity contribution in [3.8, 4) is 0 Å². The fraction of sp³-hybridized carbons (Fsp3) is 0.556. The number of fused-ring (bicyclic) bond motifs is 1. The fourth-order valence-corrected chi connectivity index (χ4v) is 4.14. The SMILES string of the molecule is CN1C[C@@H]2C[C@H](N(C)C(=O)Cc3ccccc3Cl)C[C@@H]2CC1=O. The van der Waals surface area contributed by atoms with Crippen molar-refractivity contribution in [1.82, 2.24) is 9.80 Å². The Morgan fingerprint density at radius 2 is 2.00 bits per heavy atom. The molecule has 1 saturated heterocycles. The molecular formula is C18H23ClN2O2. The van der Waals surface area contributed by atoms with Crippen LogP contribution in [0.1, 0.15) is 24.8 Å². The van der Waals surface area contributed by atoms with E-state index in [2.05, 4.69) is 0 Å². The van der Waals surface area contributed by atoms with Gasteiger partial charge in [-0.15, -0.1) is 0 Å². The largest absolute Gasteiger partial charge is 0.345 e. The summed E-state index contributed by atoms with van der Waals surface area (Å²) in [5.74, 6) is 1.29. The lowest BCUT2D eigenvalue weighted by Gasteiger charge is -2.31. The third-order valence-electron chi connectivity index (χ3n) is 5.43. The van der Waals surface area contributed by atoms with Gasteiger partial charge in [0, 0.05) is 38.1 Å². The Labute approximate surface area is 142 Å². The van der Waals surface area contributed by atoms with Crippen LogP contribution in [0.25, 0.3) is 0 Å². The third-order valence-corrected chi connectivity index (χ3v) is 5.80. The maximum absolute atomic E-state index is 12.6. The lowest BCUT2D eigenvalue weighted by atomic mass is 9.88. The molecule has 124 valence electrons. The number of rotatable bonds is 3. The van der Waals surface area contributed by atoms with Gasteiger partial charge >= 0.3 is 0 Å². The maximum atomic E-state index is 12.6. The summed E-state index contributed by atoms with van der Waals surface area (Å²) in [7, 11) is 3.75. The summed E-state index contributed by atoms with van der Waals surface area (Å²) in [6.45, 7) is 0.826. The number of hydrogen-bond acceptors (Lipinski definition) is 2. The molecule has 0 radical (unpaired) electrons. The summed E-state index contributed by atoms with van der Waals surface area (Å²) in [5.41, 5.74) is 0.872. The van der Waals surface area contributed by atoms with Crippen LogP contribution < -0.4 is 0 Å². The van der Waals surface area contributed by atoms with E-state index in [4.69, 9.17) is 11.6 Å². The number of amides is 2. The summed E-state index contributed by atoms with van der Waals surface area (Å²) in [5, 5.41) is 0.640. The Balaban J connectivity index is 1.63. The van der Waals surface area contributed by atoms with Crippen molar-refractivity contribution >= 4 is 23.4 Å². The van der Waals surface area contributed by atoms with Crippen LogP contribution in [0.15, 0.2) is 24.3 Å². The monoisotopic (exact) mass is 334 g/mol. The molecule has 0 spiro atoms. The molecule has 2 fully saturated rings. The van der Waals surface area contributed by atoms with Crippen LogP contribution in [-0.4, -0.2) is 48.3 Å². The van der Waals surface area contributed by atoms with Crippen LogP contribution in [0.3, 0.4) is 0 Å². The quantitative estimate of drug-likeness (QED) is 0.852. The Hall–Kier alpha value is -1.55. The molecule has 3 atom stereocenters. The smallest absolute Gasteiger partial charge is 0.227 e. The minimum Gasteiger partial charge on any atom is -0.345 e. The molecule has 1 saturated carbocycles. The highest BCUT2D eigenvalue weighted by atomic mass is 35.5. The van der Waals surface area contributed by atoms with Gasteiger partial charge in [-0.2, -0.15) is 0 Å². The van der Waals surface area contributed by atoms with Gasteiger partial charge in [0.2, 0.25) is 11.8 Å². The van der Waals surface area contributed by atoms with Crippen LogP contribution in [0.2, 0.25) is 5.02 Å². The van der Waals surface area contributed by atoms with Gasteiger partial charge in [-0.3, -0.25) is 9.59 Å². The van der Waals surface area contributed by atoms with Gasteiger partial charge in [-0.1, -0.05) is 29.8 Å². The third kappa shape index (κ3) is 3.37. The van der Waals surface area contributed by atoms with E-state index in [0.717, 1.165) is 24.9 Å². The van der Waals surface area contributed by atoms with Crippen LogP contribution >= 0.6 is 11.6 Å². The summed E-state index contributed by atoms with van der Waals surface area (Å²) in [6.07, 6.45) is 2.90. The first-order valence-electron chi connectivity index (χ1n) is 8.18. The van der Waals surface area contributed by atoms with Crippen LogP contribution in [0.5, 0.6) is 0 Å². The number of piperidine rings is 1. The Morgan fingerprint density at radius 3 is 2.74 bits per heavy atom.